The van der Waals surface area contributed by atoms with Gasteiger partial charge in [0, 0.05) is 38.4 Å². The van der Waals surface area contributed by atoms with E-state index in [1.54, 1.807) is 0 Å². The Morgan fingerprint density at radius 1 is 1.08 bits per heavy atom. The lowest BCUT2D eigenvalue weighted by Crippen LogP contribution is -2.54. The summed E-state index contributed by atoms with van der Waals surface area (Å²) in [7, 11) is 0. The molecule has 1 saturated heterocycles. The fourth-order valence-electron chi connectivity index (χ4n) is 3.50. The van der Waals surface area contributed by atoms with Crippen molar-refractivity contribution in [1.82, 2.24) is 14.7 Å². The summed E-state index contributed by atoms with van der Waals surface area (Å²) >= 11 is 0. The number of amides is 1. The summed E-state index contributed by atoms with van der Waals surface area (Å²) in [5.41, 5.74) is 7.83. The van der Waals surface area contributed by atoms with Gasteiger partial charge in [0.15, 0.2) is 0 Å². The van der Waals surface area contributed by atoms with Gasteiger partial charge in [0.1, 0.15) is 0 Å². The largest absolute Gasteiger partial charge is 0.399 e. The maximum absolute atomic E-state index is 12.8. The van der Waals surface area contributed by atoms with Crippen molar-refractivity contribution in [3.05, 3.63) is 29.8 Å². The van der Waals surface area contributed by atoms with Gasteiger partial charge < -0.3 is 10.6 Å². The Bertz CT molecular complexity index is 517. The van der Waals surface area contributed by atoms with Crippen LogP contribution in [0.2, 0.25) is 0 Å². The molecule has 140 valence electrons. The highest BCUT2D eigenvalue weighted by molar-refractivity contribution is 5.81. The lowest BCUT2D eigenvalue weighted by atomic mass is 10.1. The average molecular weight is 347 g/mol. The second-order valence-electron chi connectivity index (χ2n) is 7.05. The van der Waals surface area contributed by atoms with Crippen molar-refractivity contribution in [3.8, 4) is 0 Å². The van der Waals surface area contributed by atoms with E-state index in [0.717, 1.165) is 64.3 Å². The average Bonchev–Trinajstić information content (AvgIpc) is 2.63. The van der Waals surface area contributed by atoms with Crippen molar-refractivity contribution in [1.29, 1.82) is 0 Å². The molecule has 2 N–H and O–H groups in total. The Hall–Kier alpha value is -1.59. The lowest BCUT2D eigenvalue weighted by molar-refractivity contribution is -0.138. The molecule has 5 heteroatoms. The Labute approximate surface area is 152 Å². The summed E-state index contributed by atoms with van der Waals surface area (Å²) in [5.74, 6) is 0.286. The van der Waals surface area contributed by atoms with Crippen molar-refractivity contribution < 1.29 is 4.79 Å². The molecule has 5 nitrogen and oxygen atoms in total. The molecule has 0 aromatic heterocycles. The zero-order chi connectivity index (χ0) is 18.2. The fourth-order valence-corrected chi connectivity index (χ4v) is 3.50. The summed E-state index contributed by atoms with van der Waals surface area (Å²) in [5, 5.41) is 0. The van der Waals surface area contributed by atoms with Crippen molar-refractivity contribution in [2.75, 3.05) is 45.0 Å². The zero-order valence-corrected chi connectivity index (χ0v) is 16.1. The van der Waals surface area contributed by atoms with Gasteiger partial charge in [-0.3, -0.25) is 14.6 Å². The van der Waals surface area contributed by atoms with E-state index in [9.17, 15) is 4.79 Å². The molecule has 1 aliphatic heterocycles. The summed E-state index contributed by atoms with van der Waals surface area (Å²) in [6, 6.07) is 8.06. The molecule has 1 aromatic rings. The minimum absolute atomic E-state index is 0.0106. The third-order valence-corrected chi connectivity index (χ3v) is 5.00. The number of nitrogen functional groups attached to an aromatic ring is 1. The number of benzene rings is 1. The first-order valence-corrected chi connectivity index (χ1v) is 9.64. The van der Waals surface area contributed by atoms with Gasteiger partial charge in [-0.15, -0.1) is 0 Å². The molecule has 1 amide bonds. The van der Waals surface area contributed by atoms with Crippen molar-refractivity contribution in [3.63, 3.8) is 0 Å². The topological polar surface area (TPSA) is 52.8 Å². The van der Waals surface area contributed by atoms with Gasteiger partial charge in [-0.1, -0.05) is 26.0 Å². The van der Waals surface area contributed by atoms with E-state index in [2.05, 4.69) is 42.7 Å². The first kappa shape index (κ1) is 19.7. The maximum atomic E-state index is 12.8. The molecule has 0 saturated carbocycles. The van der Waals surface area contributed by atoms with E-state index in [-0.39, 0.29) is 11.9 Å². The molecule has 1 fully saturated rings. The van der Waals surface area contributed by atoms with E-state index < -0.39 is 0 Å². The van der Waals surface area contributed by atoms with Crippen LogP contribution in [0, 0.1) is 0 Å². The summed E-state index contributed by atoms with van der Waals surface area (Å²) in [6.07, 6.45) is 2.18. The standard InChI is InChI=1S/C20H34N4O/c1-4-10-23(11-5-2)17(3)20(25)24-14-12-22(13-15-24)16-18-6-8-19(21)9-7-18/h6-9,17H,4-5,10-16,21H2,1-3H3. The molecule has 0 radical (unpaired) electrons. The third kappa shape index (κ3) is 5.72. The molecule has 0 bridgehead atoms. The van der Waals surface area contributed by atoms with Gasteiger partial charge in [0.05, 0.1) is 6.04 Å². The number of nitrogens with zero attached hydrogens (tertiary/aromatic N) is 3. The number of rotatable bonds is 8. The fraction of sp³-hybridized carbons (Fsp3) is 0.650. The van der Waals surface area contributed by atoms with E-state index in [4.69, 9.17) is 5.73 Å². The predicted octanol–water partition coefficient (Wildman–Crippen LogP) is 2.42. The molecule has 0 aliphatic carbocycles. The highest BCUT2D eigenvalue weighted by Crippen LogP contribution is 2.13. The minimum atomic E-state index is -0.0106. The smallest absolute Gasteiger partial charge is 0.239 e. The van der Waals surface area contributed by atoms with Gasteiger partial charge >= 0.3 is 0 Å². The van der Waals surface area contributed by atoms with Gasteiger partial charge in [-0.2, -0.15) is 0 Å². The SMILES string of the molecule is CCCN(CCC)C(C)C(=O)N1CCN(Cc2ccc(N)cc2)CC1. The highest BCUT2D eigenvalue weighted by Gasteiger charge is 2.27. The number of carbonyl (C=O) groups is 1. The Morgan fingerprint density at radius 3 is 2.16 bits per heavy atom. The first-order chi connectivity index (χ1) is 12.0. The van der Waals surface area contributed by atoms with Crippen LogP contribution in [0.25, 0.3) is 0 Å². The van der Waals surface area contributed by atoms with Gasteiger partial charge in [0.2, 0.25) is 5.91 Å². The predicted molar refractivity (Wildman–Crippen MR) is 104 cm³/mol. The molecular formula is C20H34N4O. The lowest BCUT2D eigenvalue weighted by Gasteiger charge is -2.38. The second-order valence-corrected chi connectivity index (χ2v) is 7.05. The molecule has 1 unspecified atom stereocenters. The number of nitrogens with two attached hydrogens (primary N) is 1. The van der Waals surface area contributed by atoms with E-state index in [0.29, 0.717) is 0 Å². The molecule has 0 spiro atoms. The molecule has 1 atom stereocenters. The molecule has 1 heterocycles. The number of anilines is 1. The third-order valence-electron chi connectivity index (χ3n) is 5.00. The van der Waals surface area contributed by atoms with Crippen LogP contribution in [0.1, 0.15) is 39.2 Å². The van der Waals surface area contributed by atoms with Crippen LogP contribution in [0.5, 0.6) is 0 Å². The number of piperazine rings is 1. The van der Waals surface area contributed by atoms with E-state index >= 15 is 0 Å². The number of hydrogen-bond donors (Lipinski definition) is 1. The monoisotopic (exact) mass is 346 g/mol. The molecule has 1 aliphatic rings. The minimum Gasteiger partial charge on any atom is -0.399 e. The molecule has 1 aromatic carbocycles. The van der Waals surface area contributed by atoms with Crippen molar-refractivity contribution in [2.24, 2.45) is 0 Å². The Kier molecular flexibility index (Phi) is 7.72. The van der Waals surface area contributed by atoms with Crippen LogP contribution < -0.4 is 5.73 Å². The summed E-state index contributed by atoms with van der Waals surface area (Å²) in [4.78, 5) is 19.6. The van der Waals surface area contributed by atoms with Crippen molar-refractivity contribution >= 4 is 11.6 Å². The van der Waals surface area contributed by atoms with Crippen LogP contribution in [-0.4, -0.2) is 65.9 Å². The number of carbonyl (C=O) groups excluding carboxylic acids is 1. The van der Waals surface area contributed by atoms with Gasteiger partial charge in [0.25, 0.3) is 0 Å². The highest BCUT2D eigenvalue weighted by atomic mass is 16.2. The quantitative estimate of drug-likeness (QED) is 0.735. The van der Waals surface area contributed by atoms with Crippen molar-refractivity contribution in [2.45, 2.75) is 46.2 Å². The van der Waals surface area contributed by atoms with Crippen LogP contribution in [-0.2, 0) is 11.3 Å². The molecule has 25 heavy (non-hydrogen) atoms. The van der Waals surface area contributed by atoms with Crippen LogP contribution >= 0.6 is 0 Å². The first-order valence-electron chi connectivity index (χ1n) is 9.64. The maximum Gasteiger partial charge on any atom is 0.239 e. The Morgan fingerprint density at radius 2 is 1.64 bits per heavy atom. The van der Waals surface area contributed by atoms with Crippen LogP contribution in [0.3, 0.4) is 0 Å². The van der Waals surface area contributed by atoms with Crippen LogP contribution in [0.4, 0.5) is 5.69 Å². The van der Waals surface area contributed by atoms with Gasteiger partial charge in [-0.25, -0.2) is 0 Å². The van der Waals surface area contributed by atoms with E-state index in [1.165, 1.54) is 5.56 Å². The summed E-state index contributed by atoms with van der Waals surface area (Å²) < 4.78 is 0. The van der Waals surface area contributed by atoms with E-state index in [1.807, 2.05) is 17.0 Å². The Balaban J connectivity index is 1.83. The van der Waals surface area contributed by atoms with Crippen LogP contribution in [0.15, 0.2) is 24.3 Å². The second kappa shape index (κ2) is 9.78. The molecular weight excluding hydrogens is 312 g/mol. The normalized spacial score (nSPS) is 17.0. The summed E-state index contributed by atoms with van der Waals surface area (Å²) in [6.45, 7) is 12.9. The zero-order valence-electron chi connectivity index (χ0n) is 16.1. The number of hydrogen-bond acceptors (Lipinski definition) is 4. The molecule has 2 rings (SSSR count). The van der Waals surface area contributed by atoms with Gasteiger partial charge in [-0.05, 0) is 50.6 Å².